The number of hydrogen-bond acceptors (Lipinski definition) is 4. The van der Waals surface area contributed by atoms with Gasteiger partial charge in [-0.2, -0.15) is 0 Å². The number of aliphatic carboxylic acids is 1. The molecule has 2 atom stereocenters. The van der Waals surface area contributed by atoms with Crippen LogP contribution in [0.15, 0.2) is 6.33 Å². The van der Waals surface area contributed by atoms with Crippen molar-refractivity contribution in [3.05, 3.63) is 17.6 Å². The highest BCUT2D eigenvalue weighted by Crippen LogP contribution is 2.25. The van der Waals surface area contributed by atoms with E-state index in [0.717, 1.165) is 30.8 Å². The normalized spacial score (nSPS) is 18.0. The van der Waals surface area contributed by atoms with Crippen molar-refractivity contribution in [1.29, 1.82) is 0 Å². The van der Waals surface area contributed by atoms with Crippen LogP contribution in [0.1, 0.15) is 44.4 Å². The van der Waals surface area contributed by atoms with Crippen LogP contribution < -0.4 is 5.32 Å². The molecule has 5 nitrogen and oxygen atoms in total. The molecule has 0 saturated heterocycles. The van der Waals surface area contributed by atoms with E-state index in [1.807, 2.05) is 6.92 Å². The smallest absolute Gasteiger partial charge is 0.308 e. The van der Waals surface area contributed by atoms with Crippen molar-refractivity contribution in [2.45, 2.75) is 52.0 Å². The van der Waals surface area contributed by atoms with E-state index in [1.165, 1.54) is 18.4 Å². The van der Waals surface area contributed by atoms with Gasteiger partial charge in [0.1, 0.15) is 12.1 Å². The molecule has 0 saturated carbocycles. The predicted octanol–water partition coefficient (Wildman–Crippen LogP) is 2.27. The van der Waals surface area contributed by atoms with Crippen molar-refractivity contribution in [2.75, 3.05) is 5.32 Å². The van der Waals surface area contributed by atoms with E-state index < -0.39 is 11.9 Å². The minimum atomic E-state index is -0.792. The number of carboxylic acid groups (broad SMARTS) is 1. The van der Waals surface area contributed by atoms with Crippen molar-refractivity contribution in [3.8, 4) is 0 Å². The Morgan fingerprint density at radius 2 is 2.00 bits per heavy atom. The molecule has 0 bridgehead atoms. The van der Waals surface area contributed by atoms with Crippen molar-refractivity contribution in [2.24, 2.45) is 5.92 Å². The first kappa shape index (κ1) is 13.8. The van der Waals surface area contributed by atoms with Gasteiger partial charge in [-0.05, 0) is 39.5 Å². The molecule has 0 aliphatic heterocycles. The number of hydrogen-bond donors (Lipinski definition) is 2. The summed E-state index contributed by atoms with van der Waals surface area (Å²) >= 11 is 0. The summed E-state index contributed by atoms with van der Waals surface area (Å²) in [7, 11) is 0. The molecular weight excluding hydrogens is 242 g/mol. The third-order valence-electron chi connectivity index (χ3n) is 3.88. The van der Waals surface area contributed by atoms with Gasteiger partial charge >= 0.3 is 5.97 Å². The van der Waals surface area contributed by atoms with E-state index in [0.29, 0.717) is 0 Å². The zero-order valence-corrected chi connectivity index (χ0v) is 11.5. The van der Waals surface area contributed by atoms with Crippen LogP contribution in [-0.4, -0.2) is 27.1 Å². The van der Waals surface area contributed by atoms with Gasteiger partial charge in [0, 0.05) is 17.3 Å². The number of carbonyl (C=O) groups is 1. The number of aryl methyl sites for hydroxylation is 1. The second-order valence-corrected chi connectivity index (χ2v) is 5.27. The molecule has 0 spiro atoms. The van der Waals surface area contributed by atoms with Gasteiger partial charge in [-0.25, -0.2) is 9.97 Å². The summed E-state index contributed by atoms with van der Waals surface area (Å²) in [6.07, 6.45) is 7.09. The van der Waals surface area contributed by atoms with E-state index in [2.05, 4.69) is 15.3 Å². The summed E-state index contributed by atoms with van der Waals surface area (Å²) in [6, 6.07) is -0.153. The van der Waals surface area contributed by atoms with E-state index in [-0.39, 0.29) is 6.04 Å². The van der Waals surface area contributed by atoms with Crippen molar-refractivity contribution < 1.29 is 9.90 Å². The van der Waals surface area contributed by atoms with E-state index in [9.17, 15) is 4.79 Å². The third kappa shape index (κ3) is 3.22. The molecule has 1 aromatic heterocycles. The number of rotatable bonds is 4. The molecule has 0 fully saturated rings. The van der Waals surface area contributed by atoms with Crippen LogP contribution in [0.3, 0.4) is 0 Å². The maximum atomic E-state index is 11.0. The molecule has 2 rings (SSSR count). The summed E-state index contributed by atoms with van der Waals surface area (Å²) in [4.78, 5) is 19.7. The van der Waals surface area contributed by atoms with Gasteiger partial charge in [-0.15, -0.1) is 0 Å². The van der Waals surface area contributed by atoms with E-state index in [4.69, 9.17) is 5.11 Å². The second kappa shape index (κ2) is 5.99. The topological polar surface area (TPSA) is 75.1 Å². The molecule has 0 amide bonds. The maximum Gasteiger partial charge on any atom is 0.308 e. The summed E-state index contributed by atoms with van der Waals surface area (Å²) in [5.41, 5.74) is 2.29. The molecule has 2 N–H and O–H groups in total. The van der Waals surface area contributed by atoms with Crippen LogP contribution in [0.2, 0.25) is 0 Å². The molecule has 0 aromatic carbocycles. The van der Waals surface area contributed by atoms with Gasteiger partial charge in [-0.1, -0.05) is 6.42 Å². The van der Waals surface area contributed by atoms with Gasteiger partial charge < -0.3 is 10.4 Å². The fourth-order valence-electron chi connectivity index (χ4n) is 2.38. The van der Waals surface area contributed by atoms with Crippen molar-refractivity contribution in [3.63, 3.8) is 0 Å². The number of aromatic nitrogens is 2. The number of nitrogens with one attached hydrogen (secondary N) is 1. The number of anilines is 1. The van der Waals surface area contributed by atoms with E-state index >= 15 is 0 Å². The number of nitrogens with zero attached hydrogens (tertiary/aromatic N) is 2. The minimum absolute atomic E-state index is 0.153. The Labute approximate surface area is 113 Å². The largest absolute Gasteiger partial charge is 0.481 e. The lowest BCUT2D eigenvalue weighted by molar-refractivity contribution is -0.141. The van der Waals surface area contributed by atoms with Gasteiger partial charge in [0.05, 0.1) is 5.92 Å². The molecule has 1 heterocycles. The Morgan fingerprint density at radius 1 is 1.26 bits per heavy atom. The van der Waals surface area contributed by atoms with Gasteiger partial charge in [0.25, 0.3) is 0 Å². The molecule has 1 aromatic rings. The Bertz CT molecular complexity index is 462. The van der Waals surface area contributed by atoms with Gasteiger partial charge in [-0.3, -0.25) is 4.79 Å². The third-order valence-corrected chi connectivity index (χ3v) is 3.88. The molecule has 0 radical (unpaired) electrons. The van der Waals surface area contributed by atoms with Crippen LogP contribution in [0.5, 0.6) is 0 Å². The first-order chi connectivity index (χ1) is 9.09. The standard InChI is InChI=1S/C14H21N3O2/c1-9(14(18)19)10(2)17-13-11-6-4-3-5-7-12(11)15-8-16-13/h8-10H,3-7H2,1-2H3,(H,18,19)(H,15,16,17). The van der Waals surface area contributed by atoms with Crippen LogP contribution in [0.25, 0.3) is 0 Å². The SMILES string of the molecule is CC(Nc1ncnc2c1CCCCC2)C(C)C(=O)O. The fourth-order valence-corrected chi connectivity index (χ4v) is 2.38. The average molecular weight is 263 g/mol. The number of carboxylic acids is 1. The van der Waals surface area contributed by atoms with Crippen LogP contribution >= 0.6 is 0 Å². The Balaban J connectivity index is 2.19. The molecule has 104 valence electrons. The minimum Gasteiger partial charge on any atom is -0.481 e. The van der Waals surface area contributed by atoms with Gasteiger partial charge in [0.15, 0.2) is 0 Å². The molecule has 2 unspecified atom stereocenters. The first-order valence-corrected chi connectivity index (χ1v) is 6.91. The average Bonchev–Trinajstić information content (AvgIpc) is 2.63. The van der Waals surface area contributed by atoms with Crippen LogP contribution in [0.4, 0.5) is 5.82 Å². The van der Waals surface area contributed by atoms with E-state index in [1.54, 1.807) is 13.3 Å². The lowest BCUT2D eigenvalue weighted by Crippen LogP contribution is -2.30. The molecule has 1 aliphatic carbocycles. The molecule has 5 heteroatoms. The Kier molecular flexibility index (Phi) is 4.35. The quantitative estimate of drug-likeness (QED) is 0.815. The summed E-state index contributed by atoms with van der Waals surface area (Å²) in [5.74, 6) is -0.427. The van der Waals surface area contributed by atoms with Crippen LogP contribution in [0, 0.1) is 5.92 Å². The highest BCUT2D eigenvalue weighted by atomic mass is 16.4. The lowest BCUT2D eigenvalue weighted by atomic mass is 10.0. The van der Waals surface area contributed by atoms with Gasteiger partial charge in [0.2, 0.25) is 0 Å². The molecule has 1 aliphatic rings. The summed E-state index contributed by atoms with van der Waals surface area (Å²) in [5, 5.41) is 12.3. The zero-order valence-electron chi connectivity index (χ0n) is 11.5. The van der Waals surface area contributed by atoms with Crippen molar-refractivity contribution in [1.82, 2.24) is 9.97 Å². The second-order valence-electron chi connectivity index (χ2n) is 5.27. The lowest BCUT2D eigenvalue weighted by Gasteiger charge is -2.20. The zero-order chi connectivity index (χ0) is 13.8. The number of fused-ring (bicyclic) bond motifs is 1. The highest BCUT2D eigenvalue weighted by molar-refractivity contribution is 5.71. The van der Waals surface area contributed by atoms with Crippen molar-refractivity contribution >= 4 is 11.8 Å². The monoisotopic (exact) mass is 263 g/mol. The Hall–Kier alpha value is -1.65. The Morgan fingerprint density at radius 3 is 2.74 bits per heavy atom. The van der Waals surface area contributed by atoms with Crippen LogP contribution in [-0.2, 0) is 17.6 Å². The maximum absolute atomic E-state index is 11.0. The molecular formula is C14H21N3O2. The highest BCUT2D eigenvalue weighted by Gasteiger charge is 2.22. The molecule has 19 heavy (non-hydrogen) atoms. The summed E-state index contributed by atoms with van der Waals surface area (Å²) in [6.45, 7) is 3.59. The fraction of sp³-hybridized carbons (Fsp3) is 0.643. The first-order valence-electron chi connectivity index (χ1n) is 6.91. The predicted molar refractivity (Wildman–Crippen MR) is 73.2 cm³/mol. The summed E-state index contributed by atoms with van der Waals surface area (Å²) < 4.78 is 0.